The first-order valence-electron chi connectivity index (χ1n) is 4.77. The second-order valence-corrected chi connectivity index (χ2v) is 3.76. The van der Waals surface area contributed by atoms with Crippen molar-refractivity contribution in [3.8, 4) is 0 Å². The van der Waals surface area contributed by atoms with Crippen LogP contribution in [0, 0.1) is 5.92 Å². The van der Waals surface area contributed by atoms with Crippen LogP contribution < -0.4 is 0 Å². The van der Waals surface area contributed by atoms with Crippen LogP contribution in [0.3, 0.4) is 0 Å². The number of hydrogen-bond donors (Lipinski definition) is 0. The van der Waals surface area contributed by atoms with E-state index in [1.165, 1.54) is 11.1 Å². The van der Waals surface area contributed by atoms with E-state index in [1.54, 1.807) is 6.20 Å². The van der Waals surface area contributed by atoms with E-state index >= 15 is 0 Å². The monoisotopic (exact) mass is 175 g/mol. The van der Waals surface area contributed by atoms with Crippen molar-refractivity contribution in [1.29, 1.82) is 0 Å². The number of allylic oxidation sites excluding steroid dienone is 2. The fraction of sp³-hybridized carbons (Fsp3) is 0.417. The zero-order valence-corrected chi connectivity index (χ0v) is 8.62. The van der Waals surface area contributed by atoms with E-state index in [9.17, 15) is 0 Å². The molecule has 0 bridgehead atoms. The smallest absolute Gasteiger partial charge is 0.0342 e. The molecule has 0 aromatic carbocycles. The molecule has 13 heavy (non-hydrogen) atoms. The number of pyridine rings is 1. The molecule has 1 nitrogen and oxygen atoms in total. The van der Waals surface area contributed by atoms with Crippen molar-refractivity contribution in [3.63, 3.8) is 0 Å². The minimum atomic E-state index is 0.728. The average molecular weight is 175 g/mol. The molecule has 1 aromatic rings. The second-order valence-electron chi connectivity index (χ2n) is 3.76. The van der Waals surface area contributed by atoms with Gasteiger partial charge in [-0.05, 0) is 36.5 Å². The van der Waals surface area contributed by atoms with E-state index in [-0.39, 0.29) is 0 Å². The van der Waals surface area contributed by atoms with Crippen molar-refractivity contribution in [2.75, 3.05) is 0 Å². The molecular formula is C12H17N. The highest BCUT2D eigenvalue weighted by Crippen LogP contribution is 2.14. The van der Waals surface area contributed by atoms with E-state index < -0.39 is 0 Å². The normalized spacial score (nSPS) is 12.2. The SMILES string of the molecule is C/C(=C\CC(C)C)c1cccnc1. The maximum absolute atomic E-state index is 4.09. The standard InChI is InChI=1S/C12H17N/c1-10(2)6-7-11(3)12-5-4-8-13-9-12/h4-5,7-10H,6H2,1-3H3/b11-7+. The molecular weight excluding hydrogens is 158 g/mol. The van der Waals surface area contributed by atoms with Crippen LogP contribution >= 0.6 is 0 Å². The molecule has 0 fully saturated rings. The minimum Gasteiger partial charge on any atom is -0.264 e. The first-order chi connectivity index (χ1) is 6.20. The number of hydrogen-bond acceptors (Lipinski definition) is 1. The average Bonchev–Trinajstić information content (AvgIpc) is 2.15. The Morgan fingerprint density at radius 1 is 1.54 bits per heavy atom. The Morgan fingerprint density at radius 3 is 2.85 bits per heavy atom. The van der Waals surface area contributed by atoms with Gasteiger partial charge in [-0.2, -0.15) is 0 Å². The molecule has 0 aliphatic rings. The lowest BCUT2D eigenvalue weighted by atomic mass is 10.0. The van der Waals surface area contributed by atoms with E-state index in [2.05, 4.69) is 37.9 Å². The zero-order valence-electron chi connectivity index (χ0n) is 8.62. The molecule has 0 N–H and O–H groups in total. The van der Waals surface area contributed by atoms with Crippen molar-refractivity contribution >= 4 is 5.57 Å². The summed E-state index contributed by atoms with van der Waals surface area (Å²) in [7, 11) is 0. The zero-order chi connectivity index (χ0) is 9.68. The summed E-state index contributed by atoms with van der Waals surface area (Å²) >= 11 is 0. The predicted molar refractivity (Wildman–Crippen MR) is 57.3 cm³/mol. The van der Waals surface area contributed by atoms with Crippen LogP contribution in [0.2, 0.25) is 0 Å². The molecule has 0 atom stereocenters. The third-order valence-electron chi connectivity index (χ3n) is 2.01. The van der Waals surface area contributed by atoms with Gasteiger partial charge >= 0.3 is 0 Å². The molecule has 0 aliphatic carbocycles. The van der Waals surface area contributed by atoms with Crippen LogP contribution in [-0.2, 0) is 0 Å². The van der Waals surface area contributed by atoms with Crippen molar-refractivity contribution in [2.45, 2.75) is 27.2 Å². The van der Waals surface area contributed by atoms with Crippen LogP contribution in [-0.4, -0.2) is 4.98 Å². The van der Waals surface area contributed by atoms with Crippen molar-refractivity contribution < 1.29 is 0 Å². The van der Waals surface area contributed by atoms with Gasteiger partial charge in [0.15, 0.2) is 0 Å². The topological polar surface area (TPSA) is 12.9 Å². The Labute approximate surface area is 80.5 Å². The Balaban J connectivity index is 2.68. The molecule has 0 aliphatic heterocycles. The molecule has 1 heterocycles. The summed E-state index contributed by atoms with van der Waals surface area (Å²) in [6.45, 7) is 6.60. The lowest BCUT2D eigenvalue weighted by Gasteiger charge is -2.02. The lowest BCUT2D eigenvalue weighted by molar-refractivity contribution is 0.664. The fourth-order valence-electron chi connectivity index (χ4n) is 1.13. The third kappa shape index (κ3) is 3.41. The molecule has 0 unspecified atom stereocenters. The molecule has 0 spiro atoms. The molecule has 1 aromatic heterocycles. The maximum atomic E-state index is 4.09. The highest BCUT2D eigenvalue weighted by Gasteiger charge is 1.95. The van der Waals surface area contributed by atoms with Crippen LogP contribution in [0.25, 0.3) is 5.57 Å². The van der Waals surface area contributed by atoms with Gasteiger partial charge in [0, 0.05) is 12.4 Å². The first kappa shape index (κ1) is 9.97. The second kappa shape index (κ2) is 4.80. The predicted octanol–water partition coefficient (Wildman–Crippen LogP) is 3.53. The number of rotatable bonds is 3. The van der Waals surface area contributed by atoms with Crippen molar-refractivity contribution in [1.82, 2.24) is 4.98 Å². The van der Waals surface area contributed by atoms with Crippen molar-refractivity contribution in [2.24, 2.45) is 5.92 Å². The third-order valence-corrected chi connectivity index (χ3v) is 2.01. The highest BCUT2D eigenvalue weighted by molar-refractivity contribution is 5.62. The van der Waals surface area contributed by atoms with Crippen LogP contribution in [0.15, 0.2) is 30.6 Å². The van der Waals surface area contributed by atoms with Gasteiger partial charge in [-0.15, -0.1) is 0 Å². The van der Waals surface area contributed by atoms with Gasteiger partial charge in [0.1, 0.15) is 0 Å². The van der Waals surface area contributed by atoms with Gasteiger partial charge in [-0.1, -0.05) is 26.0 Å². The summed E-state index contributed by atoms with van der Waals surface area (Å²) < 4.78 is 0. The van der Waals surface area contributed by atoms with Gasteiger partial charge in [0.2, 0.25) is 0 Å². The maximum Gasteiger partial charge on any atom is 0.0342 e. The molecule has 0 radical (unpaired) electrons. The van der Waals surface area contributed by atoms with Gasteiger partial charge in [-0.3, -0.25) is 4.98 Å². The first-order valence-corrected chi connectivity index (χ1v) is 4.77. The summed E-state index contributed by atoms with van der Waals surface area (Å²) in [4.78, 5) is 4.09. The largest absolute Gasteiger partial charge is 0.264 e. The van der Waals surface area contributed by atoms with E-state index in [4.69, 9.17) is 0 Å². The lowest BCUT2D eigenvalue weighted by Crippen LogP contribution is -1.85. The van der Waals surface area contributed by atoms with Crippen LogP contribution in [0.1, 0.15) is 32.8 Å². The van der Waals surface area contributed by atoms with E-state index in [1.807, 2.05) is 12.3 Å². The number of aromatic nitrogens is 1. The summed E-state index contributed by atoms with van der Waals surface area (Å²) in [5, 5.41) is 0. The quantitative estimate of drug-likeness (QED) is 0.684. The molecule has 1 heteroatoms. The molecule has 1 rings (SSSR count). The molecule has 0 amide bonds. The van der Waals surface area contributed by atoms with E-state index in [0.717, 1.165) is 12.3 Å². The molecule has 0 saturated heterocycles. The van der Waals surface area contributed by atoms with Gasteiger partial charge in [0.05, 0.1) is 0 Å². The van der Waals surface area contributed by atoms with Crippen LogP contribution in [0.4, 0.5) is 0 Å². The molecule has 0 saturated carbocycles. The van der Waals surface area contributed by atoms with E-state index in [0.29, 0.717) is 0 Å². The Morgan fingerprint density at radius 2 is 2.31 bits per heavy atom. The Bertz CT molecular complexity index is 272. The fourth-order valence-corrected chi connectivity index (χ4v) is 1.13. The van der Waals surface area contributed by atoms with Crippen molar-refractivity contribution in [3.05, 3.63) is 36.2 Å². The summed E-state index contributed by atoms with van der Waals surface area (Å²) in [6.07, 6.45) is 7.13. The summed E-state index contributed by atoms with van der Waals surface area (Å²) in [5.74, 6) is 0.728. The van der Waals surface area contributed by atoms with Gasteiger partial charge < -0.3 is 0 Å². The molecule has 70 valence electrons. The number of nitrogens with zero attached hydrogens (tertiary/aromatic N) is 1. The van der Waals surface area contributed by atoms with Gasteiger partial charge in [0.25, 0.3) is 0 Å². The summed E-state index contributed by atoms with van der Waals surface area (Å²) in [5.41, 5.74) is 2.55. The summed E-state index contributed by atoms with van der Waals surface area (Å²) in [6, 6.07) is 4.07. The minimum absolute atomic E-state index is 0.728. The van der Waals surface area contributed by atoms with Gasteiger partial charge in [-0.25, -0.2) is 0 Å². The highest BCUT2D eigenvalue weighted by atomic mass is 14.6. The Hall–Kier alpha value is -1.11. The Kier molecular flexibility index (Phi) is 3.69. The van der Waals surface area contributed by atoms with Crippen LogP contribution in [0.5, 0.6) is 0 Å².